The molecule has 1 fully saturated rings. The maximum absolute atomic E-state index is 4.72. The molecule has 19 heavy (non-hydrogen) atoms. The lowest BCUT2D eigenvalue weighted by Crippen LogP contribution is -2.37. The Morgan fingerprint density at radius 3 is 2.84 bits per heavy atom. The Morgan fingerprint density at radius 2 is 2.16 bits per heavy atom. The summed E-state index contributed by atoms with van der Waals surface area (Å²) >= 11 is 0. The van der Waals surface area contributed by atoms with E-state index < -0.39 is 0 Å². The Hall–Kier alpha value is -1.31. The van der Waals surface area contributed by atoms with Crippen molar-refractivity contribution in [2.45, 2.75) is 46.0 Å². The third-order valence-corrected chi connectivity index (χ3v) is 4.64. The van der Waals surface area contributed by atoms with Gasteiger partial charge in [-0.1, -0.05) is 26.5 Å². The molecule has 0 N–H and O–H groups in total. The highest BCUT2D eigenvalue weighted by molar-refractivity contribution is 5.56. The zero-order valence-corrected chi connectivity index (χ0v) is 12.2. The maximum atomic E-state index is 4.72. The van der Waals surface area contributed by atoms with Crippen LogP contribution in [0.4, 0.5) is 5.82 Å². The summed E-state index contributed by atoms with van der Waals surface area (Å²) in [7, 11) is 0. The predicted octanol–water partition coefficient (Wildman–Crippen LogP) is 3.96. The van der Waals surface area contributed by atoms with E-state index in [1.807, 2.05) is 6.20 Å². The predicted molar refractivity (Wildman–Crippen MR) is 80.3 cm³/mol. The number of fused-ring (bicyclic) bond motifs is 1. The van der Waals surface area contributed by atoms with Crippen molar-refractivity contribution in [3.05, 3.63) is 35.7 Å². The molecule has 0 saturated heterocycles. The average molecular weight is 256 g/mol. The summed E-state index contributed by atoms with van der Waals surface area (Å²) in [6.45, 7) is 9.91. The Morgan fingerprint density at radius 1 is 1.37 bits per heavy atom. The molecule has 1 aliphatic heterocycles. The van der Waals surface area contributed by atoms with E-state index in [4.69, 9.17) is 4.98 Å². The van der Waals surface area contributed by atoms with Crippen LogP contribution in [0.5, 0.6) is 0 Å². The van der Waals surface area contributed by atoms with Crippen molar-refractivity contribution in [3.8, 4) is 0 Å². The summed E-state index contributed by atoms with van der Waals surface area (Å²) in [6, 6.07) is 2.34. The first kappa shape index (κ1) is 12.7. The van der Waals surface area contributed by atoms with E-state index in [-0.39, 0.29) is 0 Å². The lowest BCUT2D eigenvalue weighted by molar-refractivity contribution is 0.217. The van der Waals surface area contributed by atoms with Crippen LogP contribution in [0.25, 0.3) is 0 Å². The molecule has 2 heterocycles. The van der Waals surface area contributed by atoms with Crippen molar-refractivity contribution < 1.29 is 0 Å². The number of aryl methyl sites for hydroxylation is 2. The van der Waals surface area contributed by atoms with Gasteiger partial charge in [0.1, 0.15) is 5.82 Å². The Kier molecular flexibility index (Phi) is 3.34. The lowest BCUT2D eigenvalue weighted by Gasteiger charge is -2.40. The van der Waals surface area contributed by atoms with Gasteiger partial charge in [0, 0.05) is 18.4 Å². The van der Waals surface area contributed by atoms with E-state index in [0.29, 0.717) is 0 Å². The molecule has 102 valence electrons. The summed E-state index contributed by atoms with van der Waals surface area (Å²) in [5, 5.41) is 0. The minimum Gasteiger partial charge on any atom is -0.330 e. The molecule has 0 bridgehead atoms. The van der Waals surface area contributed by atoms with Gasteiger partial charge in [-0.05, 0) is 55.1 Å². The minimum atomic E-state index is 0.838. The van der Waals surface area contributed by atoms with E-state index >= 15 is 0 Å². The van der Waals surface area contributed by atoms with Gasteiger partial charge in [-0.2, -0.15) is 0 Å². The van der Waals surface area contributed by atoms with Gasteiger partial charge in [0.15, 0.2) is 0 Å². The molecule has 0 aromatic carbocycles. The summed E-state index contributed by atoms with van der Waals surface area (Å²) in [6.07, 6.45) is 8.03. The summed E-state index contributed by atoms with van der Waals surface area (Å²) < 4.78 is 0. The van der Waals surface area contributed by atoms with Crippen molar-refractivity contribution in [3.63, 3.8) is 0 Å². The van der Waals surface area contributed by atoms with Crippen LogP contribution in [-0.4, -0.2) is 11.5 Å². The van der Waals surface area contributed by atoms with Crippen LogP contribution in [0.1, 0.15) is 44.2 Å². The Bertz CT molecular complexity index is 486. The lowest BCUT2D eigenvalue weighted by atomic mass is 9.75. The minimum absolute atomic E-state index is 0.838. The van der Waals surface area contributed by atoms with Gasteiger partial charge < -0.3 is 4.90 Å². The van der Waals surface area contributed by atoms with Crippen molar-refractivity contribution in [2.75, 3.05) is 11.4 Å². The topological polar surface area (TPSA) is 16.1 Å². The average Bonchev–Trinajstić information content (AvgIpc) is 2.39. The van der Waals surface area contributed by atoms with Crippen LogP contribution >= 0.6 is 0 Å². The highest BCUT2D eigenvalue weighted by Gasteiger charge is 2.30. The number of aromatic nitrogens is 1. The van der Waals surface area contributed by atoms with Crippen LogP contribution < -0.4 is 4.90 Å². The molecule has 0 amide bonds. The highest BCUT2D eigenvalue weighted by atomic mass is 15.2. The SMILES string of the molecule is C=C1CCc2cc(CC)cnc2N1CC1CC(C)C1. The zero-order chi connectivity index (χ0) is 13.4. The molecule has 0 unspecified atom stereocenters. The molecule has 1 aliphatic carbocycles. The van der Waals surface area contributed by atoms with Gasteiger partial charge in [-0.3, -0.25) is 0 Å². The highest BCUT2D eigenvalue weighted by Crippen LogP contribution is 2.38. The summed E-state index contributed by atoms with van der Waals surface area (Å²) in [4.78, 5) is 7.10. The van der Waals surface area contributed by atoms with E-state index in [2.05, 4.69) is 31.4 Å². The summed E-state index contributed by atoms with van der Waals surface area (Å²) in [5.41, 5.74) is 4.02. The Labute approximate surface area is 116 Å². The van der Waals surface area contributed by atoms with Crippen molar-refractivity contribution in [1.29, 1.82) is 0 Å². The zero-order valence-electron chi connectivity index (χ0n) is 12.2. The van der Waals surface area contributed by atoms with Gasteiger partial charge in [0.05, 0.1) is 0 Å². The van der Waals surface area contributed by atoms with E-state index in [0.717, 1.165) is 37.6 Å². The molecule has 1 aromatic heterocycles. The largest absolute Gasteiger partial charge is 0.330 e. The summed E-state index contributed by atoms with van der Waals surface area (Å²) in [5.74, 6) is 2.93. The monoisotopic (exact) mass is 256 g/mol. The van der Waals surface area contributed by atoms with Gasteiger partial charge >= 0.3 is 0 Å². The number of allylic oxidation sites excluding steroid dienone is 1. The van der Waals surface area contributed by atoms with E-state index in [1.54, 1.807) is 0 Å². The third-order valence-electron chi connectivity index (χ3n) is 4.64. The molecule has 0 radical (unpaired) electrons. The molecular formula is C17H24N2. The van der Waals surface area contributed by atoms with Crippen LogP contribution in [0, 0.1) is 11.8 Å². The first-order chi connectivity index (χ1) is 9.17. The van der Waals surface area contributed by atoms with E-state index in [1.165, 1.54) is 35.5 Å². The van der Waals surface area contributed by atoms with Crippen molar-refractivity contribution in [2.24, 2.45) is 11.8 Å². The third kappa shape index (κ3) is 2.41. The molecular weight excluding hydrogens is 232 g/mol. The van der Waals surface area contributed by atoms with Crippen LogP contribution in [-0.2, 0) is 12.8 Å². The van der Waals surface area contributed by atoms with Gasteiger partial charge in [-0.25, -0.2) is 4.98 Å². The number of rotatable bonds is 3. The number of pyridine rings is 1. The second kappa shape index (κ2) is 4.99. The number of hydrogen-bond donors (Lipinski definition) is 0. The fourth-order valence-corrected chi connectivity index (χ4v) is 3.43. The van der Waals surface area contributed by atoms with Gasteiger partial charge in [-0.15, -0.1) is 0 Å². The van der Waals surface area contributed by atoms with Crippen LogP contribution in [0.15, 0.2) is 24.5 Å². The number of nitrogens with zero attached hydrogens (tertiary/aromatic N) is 2. The molecule has 1 aromatic rings. The molecule has 1 saturated carbocycles. The smallest absolute Gasteiger partial charge is 0.135 e. The van der Waals surface area contributed by atoms with Crippen molar-refractivity contribution in [1.82, 2.24) is 4.98 Å². The Balaban J connectivity index is 1.82. The molecule has 2 heteroatoms. The fraction of sp³-hybridized carbons (Fsp3) is 0.588. The normalized spacial score (nSPS) is 26.0. The maximum Gasteiger partial charge on any atom is 0.135 e. The first-order valence-corrected chi connectivity index (χ1v) is 7.60. The van der Waals surface area contributed by atoms with Crippen LogP contribution in [0.3, 0.4) is 0 Å². The standard InChI is InChI=1S/C17H24N2/c1-4-14-9-16-6-5-13(3)19(17(16)18-10-14)11-15-7-12(2)8-15/h9-10,12,15H,3-8,11H2,1-2H3. The molecule has 2 nitrogen and oxygen atoms in total. The fourth-order valence-electron chi connectivity index (χ4n) is 3.43. The molecule has 2 aliphatic rings. The molecule has 3 rings (SSSR count). The van der Waals surface area contributed by atoms with Crippen molar-refractivity contribution >= 4 is 5.82 Å². The molecule has 0 atom stereocenters. The quantitative estimate of drug-likeness (QED) is 0.814. The van der Waals surface area contributed by atoms with Gasteiger partial charge in [0.2, 0.25) is 0 Å². The van der Waals surface area contributed by atoms with E-state index in [9.17, 15) is 0 Å². The number of hydrogen-bond acceptors (Lipinski definition) is 2. The second-order valence-corrected chi connectivity index (χ2v) is 6.30. The molecule has 0 spiro atoms. The van der Waals surface area contributed by atoms with Crippen LogP contribution in [0.2, 0.25) is 0 Å². The van der Waals surface area contributed by atoms with Gasteiger partial charge in [0.25, 0.3) is 0 Å². The number of anilines is 1. The first-order valence-electron chi connectivity index (χ1n) is 7.60. The second-order valence-electron chi connectivity index (χ2n) is 6.30.